The molecule has 0 bridgehead atoms. The van der Waals surface area contributed by atoms with Crippen LogP contribution in [-0.4, -0.2) is 29.8 Å². The number of nitrogens with zero attached hydrogens (tertiary/aromatic N) is 1. The van der Waals surface area contributed by atoms with Gasteiger partial charge in [0.2, 0.25) is 0 Å². The summed E-state index contributed by atoms with van der Waals surface area (Å²) in [6.45, 7) is 2.52. The molecule has 0 spiro atoms. The molecular formula is C23H22N2O2S. The Morgan fingerprint density at radius 3 is 2.86 bits per heavy atom. The number of rotatable bonds is 5. The Morgan fingerprint density at radius 1 is 1.18 bits per heavy atom. The first kappa shape index (κ1) is 18.6. The predicted molar refractivity (Wildman–Crippen MR) is 113 cm³/mol. The number of carbonyl (C=O) groups is 1. The number of hydrogen-bond donors (Lipinski definition) is 1. The van der Waals surface area contributed by atoms with Gasteiger partial charge < -0.3 is 10.1 Å². The zero-order valence-corrected chi connectivity index (χ0v) is 16.8. The third kappa shape index (κ3) is 3.62. The summed E-state index contributed by atoms with van der Waals surface area (Å²) in [7, 11) is 0. The van der Waals surface area contributed by atoms with E-state index in [1.165, 1.54) is 0 Å². The molecule has 3 aromatic rings. The maximum atomic E-state index is 12.6. The summed E-state index contributed by atoms with van der Waals surface area (Å²) in [6, 6.07) is 17.8. The van der Waals surface area contributed by atoms with E-state index >= 15 is 0 Å². The molecule has 2 aromatic carbocycles. The Labute approximate surface area is 169 Å². The average molecular weight is 391 g/mol. The number of benzene rings is 2. The summed E-state index contributed by atoms with van der Waals surface area (Å²) in [6.07, 6.45) is 4.48. The van der Waals surface area contributed by atoms with E-state index in [-0.39, 0.29) is 12.0 Å². The molecular weight excluding hydrogens is 368 g/mol. The van der Waals surface area contributed by atoms with E-state index in [0.717, 1.165) is 39.5 Å². The van der Waals surface area contributed by atoms with E-state index in [1.807, 2.05) is 48.7 Å². The van der Waals surface area contributed by atoms with Crippen LogP contribution in [-0.2, 0) is 6.42 Å². The summed E-state index contributed by atoms with van der Waals surface area (Å²) in [4.78, 5) is 18.1. The number of aromatic nitrogens is 1. The fourth-order valence-corrected chi connectivity index (χ4v) is 4.14. The van der Waals surface area contributed by atoms with Crippen LogP contribution in [0, 0.1) is 6.92 Å². The van der Waals surface area contributed by atoms with E-state index in [4.69, 9.17) is 4.74 Å². The summed E-state index contributed by atoms with van der Waals surface area (Å²) in [5.41, 5.74) is 4.93. The Balaban J connectivity index is 1.48. The molecule has 1 amide bonds. The van der Waals surface area contributed by atoms with Gasteiger partial charge in [-0.1, -0.05) is 30.3 Å². The third-order valence-corrected chi connectivity index (χ3v) is 5.73. The molecule has 142 valence electrons. The fraction of sp³-hybridized carbons (Fsp3) is 0.217. The summed E-state index contributed by atoms with van der Waals surface area (Å²) in [5, 5.41) is 3.03. The van der Waals surface area contributed by atoms with Gasteiger partial charge in [0.25, 0.3) is 5.91 Å². The second-order valence-corrected chi connectivity index (χ2v) is 7.67. The summed E-state index contributed by atoms with van der Waals surface area (Å²) < 4.78 is 6.23. The van der Waals surface area contributed by atoms with Gasteiger partial charge in [-0.2, -0.15) is 0 Å². The van der Waals surface area contributed by atoms with Crippen molar-refractivity contribution in [3.63, 3.8) is 0 Å². The standard InChI is InChI=1S/C23H22N2O2S/c1-15-7-6-12-24-21(15)19-10-5-8-16-13-17(27-22(16)19)14-25-23(26)18-9-3-4-11-20(18)28-2/h3-12,17H,13-14H2,1-2H3,(H,25,26). The van der Waals surface area contributed by atoms with Crippen LogP contribution in [0.25, 0.3) is 11.3 Å². The molecule has 0 aliphatic carbocycles. The van der Waals surface area contributed by atoms with Gasteiger partial charge in [0.1, 0.15) is 11.9 Å². The number of aryl methyl sites for hydroxylation is 1. The average Bonchev–Trinajstić information content (AvgIpc) is 3.15. The minimum Gasteiger partial charge on any atom is -0.487 e. The number of hydrogen-bond acceptors (Lipinski definition) is 4. The highest BCUT2D eigenvalue weighted by molar-refractivity contribution is 7.98. The maximum absolute atomic E-state index is 12.6. The molecule has 1 aromatic heterocycles. The third-order valence-electron chi connectivity index (χ3n) is 4.94. The molecule has 4 nitrogen and oxygen atoms in total. The van der Waals surface area contributed by atoms with Crippen LogP contribution in [0.4, 0.5) is 0 Å². The predicted octanol–water partition coefficient (Wildman–Crippen LogP) is 4.51. The van der Waals surface area contributed by atoms with Gasteiger partial charge in [-0.15, -0.1) is 11.8 Å². The molecule has 4 rings (SSSR count). The minimum atomic E-state index is -0.0782. The van der Waals surface area contributed by atoms with Gasteiger partial charge >= 0.3 is 0 Å². The first-order valence-corrected chi connectivity index (χ1v) is 10.5. The summed E-state index contributed by atoms with van der Waals surface area (Å²) >= 11 is 1.57. The number of para-hydroxylation sites is 1. The molecule has 5 heteroatoms. The highest BCUT2D eigenvalue weighted by Crippen LogP contribution is 2.38. The molecule has 1 unspecified atom stereocenters. The van der Waals surface area contributed by atoms with E-state index in [9.17, 15) is 4.79 Å². The lowest BCUT2D eigenvalue weighted by atomic mass is 10.0. The van der Waals surface area contributed by atoms with Crippen LogP contribution in [0.15, 0.2) is 65.7 Å². The van der Waals surface area contributed by atoms with Crippen molar-refractivity contribution in [1.82, 2.24) is 10.3 Å². The topological polar surface area (TPSA) is 51.2 Å². The molecule has 1 atom stereocenters. The minimum absolute atomic E-state index is 0.0645. The van der Waals surface area contributed by atoms with Crippen LogP contribution in [0.3, 0.4) is 0 Å². The van der Waals surface area contributed by atoms with Crippen molar-refractivity contribution in [2.45, 2.75) is 24.3 Å². The van der Waals surface area contributed by atoms with Crippen molar-refractivity contribution < 1.29 is 9.53 Å². The smallest absolute Gasteiger partial charge is 0.252 e. The van der Waals surface area contributed by atoms with Crippen molar-refractivity contribution in [2.24, 2.45) is 0 Å². The van der Waals surface area contributed by atoms with Crippen molar-refractivity contribution >= 4 is 17.7 Å². The van der Waals surface area contributed by atoms with Gasteiger partial charge in [0.05, 0.1) is 17.8 Å². The van der Waals surface area contributed by atoms with Crippen molar-refractivity contribution in [2.75, 3.05) is 12.8 Å². The molecule has 2 heterocycles. The molecule has 0 fully saturated rings. The molecule has 0 saturated heterocycles. The lowest BCUT2D eigenvalue weighted by Crippen LogP contribution is -2.34. The first-order valence-electron chi connectivity index (χ1n) is 9.29. The van der Waals surface area contributed by atoms with E-state index in [1.54, 1.807) is 18.0 Å². The quantitative estimate of drug-likeness (QED) is 0.651. The van der Waals surface area contributed by atoms with Crippen LogP contribution >= 0.6 is 11.8 Å². The highest BCUT2D eigenvalue weighted by Gasteiger charge is 2.27. The summed E-state index contributed by atoms with van der Waals surface area (Å²) in [5.74, 6) is 0.818. The normalized spacial score (nSPS) is 15.0. The number of carbonyl (C=O) groups excluding carboxylic acids is 1. The zero-order valence-electron chi connectivity index (χ0n) is 15.9. The molecule has 0 radical (unpaired) electrons. The number of ether oxygens (including phenoxy) is 1. The van der Waals surface area contributed by atoms with Gasteiger partial charge in [-0.25, -0.2) is 0 Å². The van der Waals surface area contributed by atoms with Gasteiger partial charge in [-0.3, -0.25) is 9.78 Å². The monoisotopic (exact) mass is 390 g/mol. The second kappa shape index (κ2) is 8.07. The van der Waals surface area contributed by atoms with Crippen LogP contribution in [0.1, 0.15) is 21.5 Å². The van der Waals surface area contributed by atoms with Crippen molar-refractivity contribution in [1.29, 1.82) is 0 Å². The lowest BCUT2D eigenvalue weighted by Gasteiger charge is -2.14. The molecule has 1 aliphatic rings. The first-order chi connectivity index (χ1) is 13.7. The maximum Gasteiger partial charge on any atom is 0.252 e. The van der Waals surface area contributed by atoms with E-state index in [0.29, 0.717) is 12.1 Å². The van der Waals surface area contributed by atoms with Crippen molar-refractivity contribution in [3.8, 4) is 17.0 Å². The van der Waals surface area contributed by atoms with Gasteiger partial charge in [-0.05, 0) is 48.6 Å². The number of fused-ring (bicyclic) bond motifs is 1. The van der Waals surface area contributed by atoms with Crippen LogP contribution in [0.2, 0.25) is 0 Å². The highest BCUT2D eigenvalue weighted by atomic mass is 32.2. The Morgan fingerprint density at radius 2 is 2.04 bits per heavy atom. The van der Waals surface area contributed by atoms with Crippen molar-refractivity contribution in [3.05, 3.63) is 77.5 Å². The number of pyridine rings is 1. The zero-order chi connectivity index (χ0) is 19.5. The van der Waals surface area contributed by atoms with E-state index < -0.39 is 0 Å². The van der Waals surface area contributed by atoms with E-state index in [2.05, 4.69) is 29.4 Å². The Bertz CT molecular complexity index is 1020. The largest absolute Gasteiger partial charge is 0.487 e. The molecule has 28 heavy (non-hydrogen) atoms. The van der Waals surface area contributed by atoms with Gasteiger partial charge in [0.15, 0.2) is 0 Å². The number of amides is 1. The SMILES string of the molecule is CSc1ccccc1C(=O)NCC1Cc2cccc(-c3ncccc3C)c2O1. The lowest BCUT2D eigenvalue weighted by molar-refractivity contribution is 0.0930. The number of thioether (sulfide) groups is 1. The van der Waals surface area contributed by atoms with Crippen LogP contribution in [0.5, 0.6) is 5.75 Å². The fourth-order valence-electron chi connectivity index (χ4n) is 3.54. The molecule has 0 saturated carbocycles. The molecule has 1 N–H and O–H groups in total. The number of nitrogens with one attached hydrogen (secondary N) is 1. The molecule has 1 aliphatic heterocycles. The Hall–Kier alpha value is -2.79. The van der Waals surface area contributed by atoms with Gasteiger partial charge in [0, 0.05) is 23.1 Å². The Kier molecular flexibility index (Phi) is 5.35. The second-order valence-electron chi connectivity index (χ2n) is 6.82. The van der Waals surface area contributed by atoms with Crippen LogP contribution < -0.4 is 10.1 Å².